The number of nitrogens with zero attached hydrogens (tertiary/aromatic N) is 2. The second-order valence-electron chi connectivity index (χ2n) is 3.90. The highest BCUT2D eigenvalue weighted by Crippen LogP contribution is 2.24. The first kappa shape index (κ1) is 9.21. The maximum absolute atomic E-state index is 5.37. The first-order valence-electron chi connectivity index (χ1n) is 5.22. The molecule has 0 fully saturated rings. The fraction of sp³-hybridized carbons (Fsp3) is 0.154. The standard InChI is InChI=1S/C13H12N2O/c1-9-14-11-8-10(13-4-3-7-16-13)5-6-12(11)15(9)2/h3-8H,1-2H3. The molecule has 0 saturated carbocycles. The Morgan fingerprint density at radius 1 is 1.25 bits per heavy atom. The minimum absolute atomic E-state index is 0.880. The Labute approximate surface area is 93.3 Å². The topological polar surface area (TPSA) is 31.0 Å². The second kappa shape index (κ2) is 3.23. The van der Waals surface area contributed by atoms with Crippen LogP contribution in [0.1, 0.15) is 5.82 Å². The zero-order valence-electron chi connectivity index (χ0n) is 9.27. The summed E-state index contributed by atoms with van der Waals surface area (Å²) in [5.74, 6) is 1.90. The molecule has 1 aromatic carbocycles. The van der Waals surface area contributed by atoms with Crippen LogP contribution in [-0.2, 0) is 7.05 Å². The van der Waals surface area contributed by atoms with Crippen molar-refractivity contribution in [2.75, 3.05) is 0 Å². The highest BCUT2D eigenvalue weighted by Gasteiger charge is 2.06. The predicted octanol–water partition coefficient (Wildman–Crippen LogP) is 3.14. The van der Waals surface area contributed by atoms with Crippen LogP contribution in [-0.4, -0.2) is 9.55 Å². The van der Waals surface area contributed by atoms with Crippen LogP contribution in [0.2, 0.25) is 0 Å². The fourth-order valence-corrected chi connectivity index (χ4v) is 1.92. The molecule has 16 heavy (non-hydrogen) atoms. The summed E-state index contributed by atoms with van der Waals surface area (Å²) in [4.78, 5) is 4.50. The normalized spacial score (nSPS) is 11.1. The molecule has 0 atom stereocenters. The van der Waals surface area contributed by atoms with Gasteiger partial charge in [-0.05, 0) is 37.3 Å². The number of benzene rings is 1. The molecule has 0 unspecified atom stereocenters. The summed E-state index contributed by atoms with van der Waals surface area (Å²) >= 11 is 0. The average Bonchev–Trinajstić information content (AvgIpc) is 2.88. The van der Waals surface area contributed by atoms with Gasteiger partial charge < -0.3 is 8.98 Å². The molecular formula is C13H12N2O. The first-order chi connectivity index (χ1) is 7.75. The Bertz CT molecular complexity index is 635. The first-order valence-corrected chi connectivity index (χ1v) is 5.22. The molecule has 0 bridgehead atoms. The monoisotopic (exact) mass is 212 g/mol. The number of rotatable bonds is 1. The van der Waals surface area contributed by atoms with Gasteiger partial charge in [-0.1, -0.05) is 0 Å². The number of hydrogen-bond donors (Lipinski definition) is 0. The summed E-state index contributed by atoms with van der Waals surface area (Å²) in [6, 6.07) is 10.0. The van der Waals surface area contributed by atoms with Gasteiger partial charge in [0.15, 0.2) is 0 Å². The third-order valence-electron chi connectivity index (χ3n) is 2.91. The van der Waals surface area contributed by atoms with E-state index in [2.05, 4.69) is 27.8 Å². The minimum atomic E-state index is 0.880. The van der Waals surface area contributed by atoms with Crippen LogP contribution in [0.25, 0.3) is 22.4 Å². The van der Waals surface area contributed by atoms with Crippen LogP contribution in [0.3, 0.4) is 0 Å². The molecule has 0 N–H and O–H groups in total. The highest BCUT2D eigenvalue weighted by atomic mass is 16.3. The molecule has 3 rings (SSSR count). The Hall–Kier alpha value is -2.03. The fourth-order valence-electron chi connectivity index (χ4n) is 1.92. The molecular weight excluding hydrogens is 200 g/mol. The van der Waals surface area contributed by atoms with Gasteiger partial charge in [0.1, 0.15) is 11.6 Å². The maximum atomic E-state index is 5.37. The van der Waals surface area contributed by atoms with Gasteiger partial charge in [0.25, 0.3) is 0 Å². The molecule has 0 amide bonds. The molecule has 2 heterocycles. The molecule has 3 nitrogen and oxygen atoms in total. The third-order valence-corrected chi connectivity index (χ3v) is 2.91. The molecule has 80 valence electrons. The lowest BCUT2D eigenvalue weighted by molar-refractivity contribution is 0.582. The lowest BCUT2D eigenvalue weighted by Crippen LogP contribution is -1.89. The van der Waals surface area contributed by atoms with Gasteiger partial charge in [-0.25, -0.2) is 4.98 Å². The van der Waals surface area contributed by atoms with Crippen molar-refractivity contribution < 1.29 is 4.42 Å². The predicted molar refractivity (Wildman–Crippen MR) is 63.2 cm³/mol. The Balaban J connectivity index is 2.24. The molecule has 0 aliphatic heterocycles. The van der Waals surface area contributed by atoms with Crippen LogP contribution < -0.4 is 0 Å². The molecule has 0 spiro atoms. The van der Waals surface area contributed by atoms with Crippen molar-refractivity contribution in [3.05, 3.63) is 42.4 Å². The molecule has 2 aromatic heterocycles. The molecule has 0 saturated heterocycles. The van der Waals surface area contributed by atoms with Gasteiger partial charge in [-0.15, -0.1) is 0 Å². The van der Waals surface area contributed by atoms with Crippen LogP contribution in [0.5, 0.6) is 0 Å². The Morgan fingerprint density at radius 3 is 2.88 bits per heavy atom. The number of imidazole rings is 1. The minimum Gasteiger partial charge on any atom is -0.464 e. The summed E-state index contributed by atoms with van der Waals surface area (Å²) in [7, 11) is 2.03. The molecule has 0 aliphatic carbocycles. The molecule has 3 heteroatoms. The summed E-state index contributed by atoms with van der Waals surface area (Å²) in [6.45, 7) is 2.01. The quantitative estimate of drug-likeness (QED) is 0.620. The largest absolute Gasteiger partial charge is 0.464 e. The molecule has 0 radical (unpaired) electrons. The van der Waals surface area contributed by atoms with E-state index in [1.165, 1.54) is 0 Å². The number of fused-ring (bicyclic) bond motifs is 1. The highest BCUT2D eigenvalue weighted by molar-refractivity contribution is 5.81. The van der Waals surface area contributed by atoms with Crippen molar-refractivity contribution in [3.8, 4) is 11.3 Å². The summed E-state index contributed by atoms with van der Waals surface area (Å²) < 4.78 is 7.46. The second-order valence-corrected chi connectivity index (χ2v) is 3.90. The number of aryl methyl sites for hydroxylation is 2. The number of hydrogen-bond acceptors (Lipinski definition) is 2. The van der Waals surface area contributed by atoms with Gasteiger partial charge in [0.2, 0.25) is 0 Å². The van der Waals surface area contributed by atoms with Gasteiger partial charge in [0, 0.05) is 12.6 Å². The van der Waals surface area contributed by atoms with Crippen LogP contribution >= 0.6 is 0 Å². The lowest BCUT2D eigenvalue weighted by Gasteiger charge is -1.98. The van der Waals surface area contributed by atoms with Crippen molar-refractivity contribution in [2.24, 2.45) is 7.05 Å². The number of furan rings is 1. The van der Waals surface area contributed by atoms with Crippen LogP contribution in [0.4, 0.5) is 0 Å². The molecule has 3 aromatic rings. The van der Waals surface area contributed by atoms with E-state index >= 15 is 0 Å². The average molecular weight is 212 g/mol. The maximum Gasteiger partial charge on any atom is 0.133 e. The van der Waals surface area contributed by atoms with E-state index in [9.17, 15) is 0 Å². The van der Waals surface area contributed by atoms with E-state index in [0.717, 1.165) is 28.2 Å². The van der Waals surface area contributed by atoms with Crippen LogP contribution in [0, 0.1) is 6.92 Å². The summed E-state index contributed by atoms with van der Waals surface area (Å²) in [5.41, 5.74) is 3.22. The lowest BCUT2D eigenvalue weighted by atomic mass is 10.1. The van der Waals surface area contributed by atoms with Gasteiger partial charge >= 0.3 is 0 Å². The molecule has 0 aliphatic rings. The van der Waals surface area contributed by atoms with E-state index in [1.807, 2.05) is 26.1 Å². The third kappa shape index (κ3) is 1.25. The number of aromatic nitrogens is 2. The van der Waals surface area contributed by atoms with E-state index < -0.39 is 0 Å². The van der Waals surface area contributed by atoms with E-state index in [0.29, 0.717) is 0 Å². The zero-order chi connectivity index (χ0) is 11.1. The van der Waals surface area contributed by atoms with Gasteiger partial charge in [-0.3, -0.25) is 0 Å². The van der Waals surface area contributed by atoms with E-state index in [-0.39, 0.29) is 0 Å². The van der Waals surface area contributed by atoms with E-state index in [4.69, 9.17) is 4.42 Å². The van der Waals surface area contributed by atoms with Crippen molar-refractivity contribution in [3.63, 3.8) is 0 Å². The van der Waals surface area contributed by atoms with Gasteiger partial charge in [0.05, 0.1) is 17.3 Å². The van der Waals surface area contributed by atoms with Gasteiger partial charge in [-0.2, -0.15) is 0 Å². The Kier molecular flexibility index (Phi) is 1.86. The summed E-state index contributed by atoms with van der Waals surface area (Å²) in [6.07, 6.45) is 1.68. The zero-order valence-corrected chi connectivity index (χ0v) is 9.27. The van der Waals surface area contributed by atoms with Crippen molar-refractivity contribution in [1.29, 1.82) is 0 Å². The van der Waals surface area contributed by atoms with Crippen molar-refractivity contribution in [1.82, 2.24) is 9.55 Å². The Morgan fingerprint density at radius 2 is 2.12 bits per heavy atom. The smallest absolute Gasteiger partial charge is 0.133 e. The van der Waals surface area contributed by atoms with Crippen molar-refractivity contribution >= 4 is 11.0 Å². The van der Waals surface area contributed by atoms with Crippen LogP contribution in [0.15, 0.2) is 41.0 Å². The summed E-state index contributed by atoms with van der Waals surface area (Å²) in [5, 5.41) is 0. The SMILES string of the molecule is Cc1nc2cc(-c3ccco3)ccc2n1C. The van der Waals surface area contributed by atoms with Crippen molar-refractivity contribution in [2.45, 2.75) is 6.92 Å². The van der Waals surface area contributed by atoms with E-state index in [1.54, 1.807) is 6.26 Å².